The van der Waals surface area contributed by atoms with Crippen molar-refractivity contribution < 1.29 is 0 Å². The number of rotatable bonds is 2. The summed E-state index contributed by atoms with van der Waals surface area (Å²) >= 11 is 0. The molecule has 7 rings (SSSR count). The lowest BCUT2D eigenvalue weighted by molar-refractivity contribution is 0.414. The number of hydrogen-bond acceptors (Lipinski definition) is 1. The summed E-state index contributed by atoms with van der Waals surface area (Å²) in [5, 5.41) is 5.28. The lowest BCUT2D eigenvalue weighted by Crippen LogP contribution is -2.40. The largest absolute Gasteiger partial charge is 0.335 e. The van der Waals surface area contributed by atoms with Crippen LogP contribution in [0.5, 0.6) is 0 Å². The summed E-state index contributed by atoms with van der Waals surface area (Å²) in [5.74, 6) is 1.22. The Hall–Kier alpha value is -3.58. The minimum absolute atomic E-state index is 0.128. The molecular formula is C33H29N. The first-order valence-electron chi connectivity index (χ1n) is 12.6. The lowest BCUT2D eigenvalue weighted by atomic mass is 9.81. The highest BCUT2D eigenvalue weighted by Gasteiger charge is 2.54. The molecule has 5 aromatic carbocycles. The van der Waals surface area contributed by atoms with Crippen LogP contribution in [0.15, 0.2) is 103 Å². The average molecular weight is 440 g/mol. The van der Waals surface area contributed by atoms with Gasteiger partial charge in [-0.2, -0.15) is 0 Å². The number of nitrogens with zero attached hydrogens (tertiary/aromatic N) is 1. The van der Waals surface area contributed by atoms with E-state index in [0.29, 0.717) is 11.8 Å². The van der Waals surface area contributed by atoms with Gasteiger partial charge in [0.15, 0.2) is 0 Å². The predicted molar refractivity (Wildman–Crippen MR) is 145 cm³/mol. The Morgan fingerprint density at radius 1 is 0.735 bits per heavy atom. The molecule has 1 aliphatic carbocycles. The average Bonchev–Trinajstić information content (AvgIpc) is 3.32. The van der Waals surface area contributed by atoms with Crippen LogP contribution in [0, 0.1) is 5.92 Å². The van der Waals surface area contributed by atoms with Crippen molar-refractivity contribution >= 4 is 32.9 Å². The van der Waals surface area contributed by atoms with E-state index in [1.54, 1.807) is 0 Å². The molecule has 2 aliphatic rings. The third-order valence-corrected chi connectivity index (χ3v) is 8.53. The van der Waals surface area contributed by atoms with E-state index >= 15 is 0 Å². The number of anilines is 2. The van der Waals surface area contributed by atoms with E-state index in [-0.39, 0.29) is 5.54 Å². The van der Waals surface area contributed by atoms with E-state index in [0.717, 1.165) is 0 Å². The van der Waals surface area contributed by atoms with Crippen LogP contribution in [0.3, 0.4) is 0 Å². The van der Waals surface area contributed by atoms with Crippen LogP contribution in [0.25, 0.3) is 32.7 Å². The van der Waals surface area contributed by atoms with Crippen LogP contribution in [-0.2, 0) is 0 Å². The second kappa shape index (κ2) is 7.21. The fourth-order valence-corrected chi connectivity index (χ4v) is 7.12. The second-order valence-corrected chi connectivity index (χ2v) is 10.5. The van der Waals surface area contributed by atoms with Gasteiger partial charge in [-0.25, -0.2) is 0 Å². The van der Waals surface area contributed by atoms with Gasteiger partial charge < -0.3 is 4.90 Å². The first-order valence-corrected chi connectivity index (χ1v) is 12.6. The Bertz CT molecular complexity index is 1500. The Kier molecular flexibility index (Phi) is 4.21. The highest BCUT2D eigenvalue weighted by Crippen LogP contribution is 2.61. The number of hydrogen-bond donors (Lipinski definition) is 0. The monoisotopic (exact) mass is 439 g/mol. The predicted octanol–water partition coefficient (Wildman–Crippen LogP) is 9.08. The van der Waals surface area contributed by atoms with Crippen molar-refractivity contribution in [2.75, 3.05) is 4.90 Å². The minimum atomic E-state index is 0.128. The fourth-order valence-electron chi connectivity index (χ4n) is 7.12. The molecule has 0 bridgehead atoms. The molecule has 1 heteroatoms. The zero-order valence-corrected chi connectivity index (χ0v) is 19.8. The van der Waals surface area contributed by atoms with Crippen molar-refractivity contribution in [3.8, 4) is 11.1 Å². The van der Waals surface area contributed by atoms with Crippen LogP contribution in [-0.4, -0.2) is 5.54 Å². The van der Waals surface area contributed by atoms with Crippen molar-refractivity contribution in [1.29, 1.82) is 0 Å². The molecule has 0 spiro atoms. The van der Waals surface area contributed by atoms with Gasteiger partial charge in [-0.05, 0) is 94.3 Å². The molecular weight excluding hydrogens is 410 g/mol. The van der Waals surface area contributed by atoms with Crippen molar-refractivity contribution in [3.05, 3.63) is 109 Å². The van der Waals surface area contributed by atoms with Gasteiger partial charge in [-0.15, -0.1) is 0 Å². The van der Waals surface area contributed by atoms with E-state index in [4.69, 9.17) is 0 Å². The van der Waals surface area contributed by atoms with Gasteiger partial charge in [-0.1, -0.05) is 79.7 Å². The molecule has 166 valence electrons. The van der Waals surface area contributed by atoms with Gasteiger partial charge in [0.1, 0.15) is 0 Å². The van der Waals surface area contributed by atoms with E-state index in [9.17, 15) is 0 Å². The van der Waals surface area contributed by atoms with Crippen LogP contribution in [0.4, 0.5) is 11.4 Å². The first kappa shape index (κ1) is 19.9. The van der Waals surface area contributed by atoms with Gasteiger partial charge in [0.25, 0.3) is 0 Å². The molecule has 0 N–H and O–H groups in total. The van der Waals surface area contributed by atoms with Crippen molar-refractivity contribution in [3.63, 3.8) is 0 Å². The molecule has 1 aliphatic heterocycles. The SMILES string of the molecule is CC1CCC2(C)C1c1cc(-c3c4ccccc4cc4ccccc34)ccc1N2c1ccccc1. The van der Waals surface area contributed by atoms with Gasteiger partial charge in [-0.3, -0.25) is 0 Å². The highest BCUT2D eigenvalue weighted by atomic mass is 15.2. The molecule has 0 amide bonds. The summed E-state index contributed by atoms with van der Waals surface area (Å²) in [6, 6.07) is 38.3. The lowest BCUT2D eigenvalue weighted by Gasteiger charge is -2.38. The Morgan fingerprint density at radius 3 is 2.09 bits per heavy atom. The summed E-state index contributed by atoms with van der Waals surface area (Å²) < 4.78 is 0. The van der Waals surface area contributed by atoms with E-state index in [1.807, 2.05) is 0 Å². The van der Waals surface area contributed by atoms with Gasteiger partial charge >= 0.3 is 0 Å². The summed E-state index contributed by atoms with van der Waals surface area (Å²) in [4.78, 5) is 2.64. The molecule has 1 heterocycles. The van der Waals surface area contributed by atoms with E-state index in [2.05, 4.69) is 122 Å². The normalized spacial score (nSPS) is 23.4. The summed E-state index contributed by atoms with van der Waals surface area (Å²) in [6.07, 6.45) is 2.51. The van der Waals surface area contributed by atoms with Crippen molar-refractivity contribution in [2.45, 2.75) is 38.1 Å². The van der Waals surface area contributed by atoms with Crippen molar-refractivity contribution in [2.24, 2.45) is 5.92 Å². The standard InChI is InChI=1S/C33H29N/c1-22-18-19-33(2)32(22)29-21-25(16-17-30(29)34(33)26-12-4-3-5-13-26)31-27-14-8-6-10-23(27)20-24-11-7-9-15-28(24)31/h3-17,20-22,32H,18-19H2,1-2H3. The van der Waals surface area contributed by atoms with Crippen LogP contribution in [0.2, 0.25) is 0 Å². The molecule has 0 aromatic heterocycles. The maximum absolute atomic E-state index is 2.64. The van der Waals surface area contributed by atoms with Crippen LogP contribution < -0.4 is 4.90 Å². The zero-order chi connectivity index (χ0) is 22.9. The smallest absolute Gasteiger partial charge is 0.0495 e. The van der Waals surface area contributed by atoms with Gasteiger partial charge in [0.05, 0.1) is 0 Å². The van der Waals surface area contributed by atoms with Crippen molar-refractivity contribution in [1.82, 2.24) is 0 Å². The van der Waals surface area contributed by atoms with Gasteiger partial charge in [0.2, 0.25) is 0 Å². The molecule has 1 fully saturated rings. The van der Waals surface area contributed by atoms with E-state index < -0.39 is 0 Å². The quantitative estimate of drug-likeness (QED) is 0.248. The summed E-state index contributed by atoms with van der Waals surface area (Å²) in [5.41, 5.74) is 7.04. The molecule has 1 nitrogen and oxygen atoms in total. The number of para-hydroxylation sites is 1. The minimum Gasteiger partial charge on any atom is -0.335 e. The maximum Gasteiger partial charge on any atom is 0.0495 e. The third-order valence-electron chi connectivity index (χ3n) is 8.53. The highest BCUT2D eigenvalue weighted by molar-refractivity contribution is 6.12. The Morgan fingerprint density at radius 2 is 1.38 bits per heavy atom. The second-order valence-electron chi connectivity index (χ2n) is 10.5. The number of benzene rings is 5. The summed E-state index contributed by atoms with van der Waals surface area (Å²) in [6.45, 7) is 4.94. The molecule has 0 saturated heterocycles. The van der Waals surface area contributed by atoms with Crippen LogP contribution >= 0.6 is 0 Å². The Balaban J connectivity index is 1.50. The molecule has 3 unspecified atom stereocenters. The van der Waals surface area contributed by atoms with Gasteiger partial charge in [0, 0.05) is 22.8 Å². The van der Waals surface area contributed by atoms with Crippen LogP contribution in [0.1, 0.15) is 38.2 Å². The Labute approximate surface area is 201 Å². The summed E-state index contributed by atoms with van der Waals surface area (Å²) in [7, 11) is 0. The fraction of sp³-hybridized carbons (Fsp3) is 0.212. The topological polar surface area (TPSA) is 3.24 Å². The maximum atomic E-state index is 2.64. The number of fused-ring (bicyclic) bond motifs is 5. The zero-order valence-electron chi connectivity index (χ0n) is 19.8. The molecule has 34 heavy (non-hydrogen) atoms. The molecule has 3 atom stereocenters. The molecule has 5 aromatic rings. The molecule has 1 saturated carbocycles. The first-order chi connectivity index (χ1) is 16.6. The third kappa shape index (κ3) is 2.67. The molecule has 0 radical (unpaired) electrons. The van der Waals surface area contributed by atoms with E-state index in [1.165, 1.54) is 62.5 Å².